The summed E-state index contributed by atoms with van der Waals surface area (Å²) in [4.78, 5) is 40.8. The van der Waals surface area contributed by atoms with Crippen LogP contribution in [0, 0.1) is 0 Å². The van der Waals surface area contributed by atoms with Crippen LogP contribution >= 0.6 is 11.8 Å². The summed E-state index contributed by atoms with van der Waals surface area (Å²) >= 11 is 1.48. The second kappa shape index (κ2) is 6.78. The van der Waals surface area contributed by atoms with E-state index in [-0.39, 0.29) is 5.56 Å². The van der Waals surface area contributed by atoms with Gasteiger partial charge in [-0.2, -0.15) is 11.8 Å². The zero-order valence-electron chi connectivity index (χ0n) is 10.0. The number of carbonyl (C=O) groups is 1. The molecule has 1 aromatic heterocycles. The second-order valence-electron chi connectivity index (χ2n) is 3.58. The van der Waals surface area contributed by atoms with Crippen molar-refractivity contribution in [2.45, 2.75) is 12.5 Å². The number of carboxylic acid groups (broad SMARTS) is 1. The maximum absolute atomic E-state index is 11.4. The van der Waals surface area contributed by atoms with Crippen LogP contribution in [-0.2, 0) is 4.79 Å². The molecule has 9 heteroatoms. The first-order chi connectivity index (χ1) is 8.95. The predicted octanol–water partition coefficient (Wildman–Crippen LogP) is -0.606. The summed E-state index contributed by atoms with van der Waals surface area (Å²) in [5, 5.41) is 18.3. The number of aromatic nitrogens is 2. The van der Waals surface area contributed by atoms with E-state index < -0.39 is 29.1 Å². The van der Waals surface area contributed by atoms with E-state index in [1.165, 1.54) is 11.8 Å². The summed E-state index contributed by atoms with van der Waals surface area (Å²) in [7, 11) is 0. The monoisotopic (exact) mass is 287 g/mol. The Morgan fingerprint density at radius 3 is 2.68 bits per heavy atom. The molecule has 0 fully saturated rings. The Labute approximate surface area is 111 Å². The van der Waals surface area contributed by atoms with Gasteiger partial charge in [-0.3, -0.25) is 19.8 Å². The standard InChI is InChI=1S/C10H13N3O5S/c1-19-3-2-6(9(16)17)11-4-5-7(14)12-10(18)13-8(5)15/h4,6H,2-3H2,1H3,(H,16,17)(H3,12,13,14,15,18)/t6-/m1/s1. The van der Waals surface area contributed by atoms with Gasteiger partial charge < -0.3 is 10.2 Å². The van der Waals surface area contributed by atoms with E-state index in [4.69, 9.17) is 5.11 Å². The van der Waals surface area contributed by atoms with Crippen LogP contribution in [0.5, 0.6) is 5.88 Å². The summed E-state index contributed by atoms with van der Waals surface area (Å²) < 4.78 is 0. The Balaban J connectivity index is 2.99. The molecule has 0 radical (unpaired) electrons. The van der Waals surface area contributed by atoms with E-state index >= 15 is 0 Å². The summed E-state index contributed by atoms with van der Waals surface area (Å²) in [6.45, 7) is 0. The van der Waals surface area contributed by atoms with Gasteiger partial charge in [0.25, 0.3) is 5.56 Å². The number of nitrogens with zero attached hydrogens (tertiary/aromatic N) is 1. The minimum absolute atomic E-state index is 0.282. The average molecular weight is 287 g/mol. The Bertz CT molecular complexity index is 592. The van der Waals surface area contributed by atoms with E-state index in [2.05, 4.69) is 4.99 Å². The molecule has 0 aliphatic rings. The Kier molecular flexibility index (Phi) is 5.37. The lowest BCUT2D eigenvalue weighted by Crippen LogP contribution is -2.26. The highest BCUT2D eigenvalue weighted by atomic mass is 32.2. The normalized spacial score (nSPS) is 12.7. The molecule has 104 valence electrons. The number of nitrogens with one attached hydrogen (secondary N) is 2. The predicted molar refractivity (Wildman–Crippen MR) is 71.4 cm³/mol. The van der Waals surface area contributed by atoms with Crippen molar-refractivity contribution in [3.63, 3.8) is 0 Å². The van der Waals surface area contributed by atoms with Crippen LogP contribution in [-0.4, -0.2) is 50.4 Å². The smallest absolute Gasteiger partial charge is 0.328 e. The molecule has 0 amide bonds. The fourth-order valence-corrected chi connectivity index (χ4v) is 1.72. The lowest BCUT2D eigenvalue weighted by Gasteiger charge is -2.05. The highest BCUT2D eigenvalue weighted by molar-refractivity contribution is 7.98. The topological polar surface area (TPSA) is 136 Å². The van der Waals surface area contributed by atoms with Crippen molar-refractivity contribution in [3.8, 4) is 5.88 Å². The van der Waals surface area contributed by atoms with Gasteiger partial charge in [0.1, 0.15) is 11.6 Å². The molecule has 1 rings (SSSR count). The quantitative estimate of drug-likeness (QED) is 0.515. The second-order valence-corrected chi connectivity index (χ2v) is 4.57. The summed E-state index contributed by atoms with van der Waals surface area (Å²) in [6.07, 6.45) is 3.08. The molecule has 1 atom stereocenters. The van der Waals surface area contributed by atoms with Gasteiger partial charge in [0.2, 0.25) is 5.88 Å². The van der Waals surface area contributed by atoms with Gasteiger partial charge in [0.15, 0.2) is 0 Å². The number of H-pyrrole nitrogens is 2. The zero-order valence-corrected chi connectivity index (χ0v) is 10.9. The SMILES string of the molecule is CSCC[C@@H](N=Cc1c(O)[nH]c(=O)[nH]c1=O)C(=O)O. The van der Waals surface area contributed by atoms with Crippen molar-refractivity contribution < 1.29 is 15.0 Å². The van der Waals surface area contributed by atoms with Gasteiger partial charge in [0, 0.05) is 6.21 Å². The minimum atomic E-state index is -1.12. The molecule has 0 aromatic carbocycles. The molecule has 8 nitrogen and oxygen atoms in total. The third-order valence-electron chi connectivity index (χ3n) is 2.22. The molecule has 1 heterocycles. The van der Waals surface area contributed by atoms with Gasteiger partial charge in [-0.25, -0.2) is 9.59 Å². The molecule has 0 saturated heterocycles. The molecule has 4 N–H and O–H groups in total. The lowest BCUT2D eigenvalue weighted by atomic mass is 10.2. The summed E-state index contributed by atoms with van der Waals surface area (Å²) in [5.41, 5.74) is -1.97. The minimum Gasteiger partial charge on any atom is -0.494 e. The van der Waals surface area contributed by atoms with E-state index in [1.807, 2.05) is 16.2 Å². The van der Waals surface area contributed by atoms with Gasteiger partial charge in [-0.1, -0.05) is 0 Å². The molecule has 0 saturated carbocycles. The van der Waals surface area contributed by atoms with Crippen LogP contribution in [0.25, 0.3) is 0 Å². The van der Waals surface area contributed by atoms with Crippen LogP contribution in [0.1, 0.15) is 12.0 Å². The van der Waals surface area contributed by atoms with Crippen LogP contribution in [0.2, 0.25) is 0 Å². The molecule has 0 bridgehead atoms. The molecule has 19 heavy (non-hydrogen) atoms. The first kappa shape index (κ1) is 15.0. The number of aromatic amines is 2. The van der Waals surface area contributed by atoms with E-state index in [9.17, 15) is 19.5 Å². The number of rotatable bonds is 6. The molecule has 1 aromatic rings. The number of hydrogen-bond acceptors (Lipinski definition) is 6. The lowest BCUT2D eigenvalue weighted by molar-refractivity contribution is -0.138. The Morgan fingerprint density at radius 2 is 2.16 bits per heavy atom. The molecule has 0 aliphatic heterocycles. The molecule has 0 unspecified atom stereocenters. The number of hydrogen-bond donors (Lipinski definition) is 4. The first-order valence-electron chi connectivity index (χ1n) is 5.26. The number of thioether (sulfide) groups is 1. The number of aliphatic imine (C=N–C) groups is 1. The van der Waals surface area contributed by atoms with Crippen molar-refractivity contribution in [2.24, 2.45) is 4.99 Å². The summed E-state index contributed by atoms with van der Waals surface area (Å²) in [6, 6.07) is -1.00. The highest BCUT2D eigenvalue weighted by Gasteiger charge is 2.15. The number of aliphatic carboxylic acids is 1. The Morgan fingerprint density at radius 1 is 1.47 bits per heavy atom. The van der Waals surface area contributed by atoms with Crippen LogP contribution in [0.4, 0.5) is 0 Å². The maximum atomic E-state index is 11.4. The summed E-state index contributed by atoms with van der Waals surface area (Å²) in [5.74, 6) is -1.17. The van der Waals surface area contributed by atoms with Gasteiger partial charge in [-0.15, -0.1) is 0 Å². The van der Waals surface area contributed by atoms with Gasteiger partial charge >= 0.3 is 11.7 Å². The van der Waals surface area contributed by atoms with Crippen molar-refractivity contribution in [2.75, 3.05) is 12.0 Å². The van der Waals surface area contributed by atoms with E-state index in [0.29, 0.717) is 12.2 Å². The highest BCUT2D eigenvalue weighted by Crippen LogP contribution is 2.06. The van der Waals surface area contributed by atoms with Crippen LogP contribution in [0.15, 0.2) is 14.6 Å². The Hall–Kier alpha value is -2.03. The zero-order chi connectivity index (χ0) is 14.4. The first-order valence-corrected chi connectivity index (χ1v) is 6.65. The average Bonchev–Trinajstić information content (AvgIpc) is 2.31. The van der Waals surface area contributed by atoms with Crippen molar-refractivity contribution in [1.82, 2.24) is 9.97 Å². The maximum Gasteiger partial charge on any atom is 0.328 e. The number of carboxylic acids is 1. The van der Waals surface area contributed by atoms with Gasteiger partial charge in [-0.05, 0) is 18.4 Å². The fraction of sp³-hybridized carbons (Fsp3) is 0.400. The van der Waals surface area contributed by atoms with E-state index in [1.54, 1.807) is 0 Å². The van der Waals surface area contributed by atoms with Crippen molar-refractivity contribution >= 4 is 23.9 Å². The van der Waals surface area contributed by atoms with Crippen molar-refractivity contribution in [3.05, 3.63) is 26.4 Å². The molecular weight excluding hydrogens is 274 g/mol. The molecular formula is C10H13N3O5S. The van der Waals surface area contributed by atoms with Crippen LogP contribution in [0.3, 0.4) is 0 Å². The number of aromatic hydroxyl groups is 1. The molecule has 0 spiro atoms. The van der Waals surface area contributed by atoms with Crippen molar-refractivity contribution in [1.29, 1.82) is 0 Å². The molecule has 0 aliphatic carbocycles. The van der Waals surface area contributed by atoms with Gasteiger partial charge in [0.05, 0.1) is 0 Å². The largest absolute Gasteiger partial charge is 0.494 e. The van der Waals surface area contributed by atoms with Crippen LogP contribution < -0.4 is 11.2 Å². The van der Waals surface area contributed by atoms with E-state index in [0.717, 1.165) is 6.21 Å². The third-order valence-corrected chi connectivity index (χ3v) is 2.87. The third kappa shape index (κ3) is 4.28. The fourth-order valence-electron chi connectivity index (χ4n) is 1.26.